The Morgan fingerprint density at radius 2 is 1.87 bits per heavy atom. The van der Waals surface area contributed by atoms with Crippen LogP contribution in [0.15, 0.2) is 58.2 Å². The molecule has 3 heterocycles. The normalized spacial score (nSPS) is 13.8. The summed E-state index contributed by atoms with van der Waals surface area (Å²) in [5, 5.41) is 0. The Morgan fingerprint density at radius 3 is 2.63 bits per heavy atom. The van der Waals surface area contributed by atoms with Gasteiger partial charge in [-0.25, -0.2) is 4.79 Å². The number of rotatable bonds is 6. The van der Waals surface area contributed by atoms with Gasteiger partial charge in [-0.15, -0.1) is 0 Å². The van der Waals surface area contributed by atoms with Crippen LogP contribution in [-0.4, -0.2) is 31.8 Å². The molecule has 0 spiro atoms. The highest BCUT2D eigenvalue weighted by Gasteiger charge is 2.29. The van der Waals surface area contributed by atoms with E-state index in [1.807, 2.05) is 65.8 Å². The lowest BCUT2D eigenvalue weighted by atomic mass is 10.2. The zero-order valence-electron chi connectivity index (χ0n) is 17.4. The number of benzene rings is 1. The van der Waals surface area contributed by atoms with Crippen LogP contribution in [0, 0.1) is 0 Å². The van der Waals surface area contributed by atoms with Gasteiger partial charge in [0.1, 0.15) is 12.4 Å². The highest BCUT2D eigenvalue weighted by Crippen LogP contribution is 2.37. The third-order valence-corrected chi connectivity index (χ3v) is 5.25. The van der Waals surface area contributed by atoms with E-state index in [1.165, 1.54) is 9.13 Å². The van der Waals surface area contributed by atoms with Crippen molar-refractivity contribution in [2.24, 2.45) is 7.05 Å². The van der Waals surface area contributed by atoms with Gasteiger partial charge < -0.3 is 14.2 Å². The molecule has 4 rings (SSSR count). The molecule has 8 heteroatoms. The molecular weight excluding hydrogens is 382 g/mol. The van der Waals surface area contributed by atoms with Gasteiger partial charge in [0.25, 0.3) is 5.56 Å². The molecule has 0 fully saturated rings. The number of imidazole rings is 1. The molecule has 30 heavy (non-hydrogen) atoms. The first kappa shape index (κ1) is 19.8. The van der Waals surface area contributed by atoms with Gasteiger partial charge >= 0.3 is 5.69 Å². The lowest BCUT2D eigenvalue weighted by molar-refractivity contribution is 0.363. The average molecular weight is 407 g/mol. The fraction of sp³-hybridized carbons (Fsp3) is 0.318. The summed E-state index contributed by atoms with van der Waals surface area (Å²) in [5.41, 5.74) is 1.05. The second-order valence-corrected chi connectivity index (χ2v) is 7.06. The van der Waals surface area contributed by atoms with E-state index in [0.717, 1.165) is 11.4 Å². The standard InChI is InChI=1S/C22H25N5O3/c1-4-6-12-27-20(28)18-19(24(3)22(27)29)23-21-25(13-14-26(18)21)16-10-8-9-11-17(16)30-15-7-5-2/h4-11H,12-15H2,1-3H3/b6-4-,7-5+. The lowest BCUT2D eigenvalue weighted by Crippen LogP contribution is -2.39. The molecule has 0 N–H and O–H groups in total. The summed E-state index contributed by atoms with van der Waals surface area (Å²) in [4.78, 5) is 32.5. The van der Waals surface area contributed by atoms with Crippen molar-refractivity contribution in [2.45, 2.75) is 26.9 Å². The van der Waals surface area contributed by atoms with Crippen LogP contribution >= 0.6 is 0 Å². The summed E-state index contributed by atoms with van der Waals surface area (Å²) < 4.78 is 10.5. The second kappa shape index (κ2) is 8.06. The molecule has 0 amide bonds. The molecule has 156 valence electrons. The maximum absolute atomic E-state index is 13.1. The predicted octanol–water partition coefficient (Wildman–Crippen LogP) is 2.58. The Morgan fingerprint density at radius 1 is 1.10 bits per heavy atom. The summed E-state index contributed by atoms with van der Waals surface area (Å²) in [6.45, 7) is 5.79. The molecule has 3 aromatic rings. The summed E-state index contributed by atoms with van der Waals surface area (Å²) in [6.07, 6.45) is 7.50. The molecule has 0 radical (unpaired) electrons. The number of fused-ring (bicyclic) bond motifs is 3. The quantitative estimate of drug-likeness (QED) is 0.587. The Hall–Kier alpha value is -3.55. The molecule has 0 unspecified atom stereocenters. The molecule has 1 aromatic carbocycles. The van der Waals surface area contributed by atoms with Crippen LogP contribution in [0.5, 0.6) is 5.75 Å². The molecule has 8 nitrogen and oxygen atoms in total. The smallest absolute Gasteiger partial charge is 0.332 e. The van der Waals surface area contributed by atoms with Crippen LogP contribution in [0.1, 0.15) is 13.8 Å². The number of hydrogen-bond acceptors (Lipinski definition) is 5. The first-order chi connectivity index (χ1) is 14.6. The number of hydrogen-bond donors (Lipinski definition) is 0. The average Bonchev–Trinajstić information content (AvgIpc) is 3.32. The van der Waals surface area contributed by atoms with Gasteiger partial charge in [0, 0.05) is 26.7 Å². The molecule has 0 atom stereocenters. The summed E-state index contributed by atoms with van der Waals surface area (Å²) in [5.74, 6) is 1.39. The summed E-state index contributed by atoms with van der Waals surface area (Å²) in [6, 6.07) is 7.77. The minimum atomic E-state index is -0.371. The van der Waals surface area contributed by atoms with Crippen molar-refractivity contribution in [3.05, 3.63) is 69.4 Å². The van der Waals surface area contributed by atoms with Crippen LogP contribution in [0.3, 0.4) is 0 Å². The lowest BCUT2D eigenvalue weighted by Gasteiger charge is -2.19. The number of nitrogens with zero attached hydrogens (tertiary/aromatic N) is 5. The second-order valence-electron chi connectivity index (χ2n) is 7.06. The Labute approximate surface area is 173 Å². The van der Waals surface area contributed by atoms with E-state index in [0.29, 0.717) is 36.8 Å². The molecule has 0 saturated carbocycles. The highest BCUT2D eigenvalue weighted by molar-refractivity contribution is 5.79. The topological polar surface area (TPSA) is 74.3 Å². The minimum Gasteiger partial charge on any atom is -0.487 e. The van der Waals surface area contributed by atoms with Gasteiger partial charge in [-0.2, -0.15) is 4.98 Å². The third kappa shape index (κ3) is 3.14. The van der Waals surface area contributed by atoms with Crippen molar-refractivity contribution in [1.82, 2.24) is 18.7 Å². The molecule has 1 aliphatic rings. The van der Waals surface area contributed by atoms with Crippen molar-refractivity contribution >= 4 is 22.8 Å². The third-order valence-electron chi connectivity index (χ3n) is 5.25. The number of aromatic nitrogens is 4. The molecule has 0 saturated heterocycles. The van der Waals surface area contributed by atoms with Crippen molar-refractivity contribution in [3.63, 3.8) is 0 Å². The fourth-order valence-electron chi connectivity index (χ4n) is 3.71. The van der Waals surface area contributed by atoms with Gasteiger partial charge in [0.15, 0.2) is 11.2 Å². The Bertz CT molecular complexity index is 1260. The largest absolute Gasteiger partial charge is 0.487 e. The van der Waals surface area contributed by atoms with Crippen LogP contribution < -0.4 is 20.9 Å². The van der Waals surface area contributed by atoms with Crippen molar-refractivity contribution in [1.29, 1.82) is 0 Å². The van der Waals surface area contributed by atoms with E-state index in [2.05, 4.69) is 4.98 Å². The maximum Gasteiger partial charge on any atom is 0.332 e. The number of aryl methyl sites for hydroxylation is 1. The van der Waals surface area contributed by atoms with Crippen molar-refractivity contribution in [2.75, 3.05) is 18.1 Å². The Kier molecular flexibility index (Phi) is 5.31. The first-order valence-electron chi connectivity index (χ1n) is 10.00. The van der Waals surface area contributed by atoms with Gasteiger partial charge in [-0.1, -0.05) is 36.4 Å². The molecule has 1 aliphatic heterocycles. The van der Waals surface area contributed by atoms with Crippen molar-refractivity contribution < 1.29 is 4.74 Å². The fourth-order valence-corrected chi connectivity index (χ4v) is 3.71. The van der Waals surface area contributed by atoms with Crippen LogP contribution in [-0.2, 0) is 20.1 Å². The minimum absolute atomic E-state index is 0.240. The summed E-state index contributed by atoms with van der Waals surface area (Å²) >= 11 is 0. The number of para-hydroxylation sites is 2. The van der Waals surface area contributed by atoms with E-state index in [9.17, 15) is 9.59 Å². The van der Waals surface area contributed by atoms with E-state index in [4.69, 9.17) is 4.74 Å². The van der Waals surface area contributed by atoms with E-state index >= 15 is 0 Å². The van der Waals surface area contributed by atoms with Gasteiger partial charge in [0.05, 0.1) is 5.69 Å². The van der Waals surface area contributed by atoms with Gasteiger partial charge in [-0.05, 0) is 26.0 Å². The number of ether oxygens (including phenoxy) is 1. The van der Waals surface area contributed by atoms with E-state index in [1.54, 1.807) is 13.1 Å². The zero-order chi connectivity index (χ0) is 21.3. The first-order valence-corrected chi connectivity index (χ1v) is 10.00. The highest BCUT2D eigenvalue weighted by atomic mass is 16.5. The number of anilines is 2. The molecule has 2 aromatic heterocycles. The molecule has 0 aliphatic carbocycles. The van der Waals surface area contributed by atoms with Gasteiger partial charge in [-0.3, -0.25) is 13.9 Å². The van der Waals surface area contributed by atoms with Crippen LogP contribution in [0.25, 0.3) is 11.2 Å². The summed E-state index contributed by atoms with van der Waals surface area (Å²) in [7, 11) is 1.65. The van der Waals surface area contributed by atoms with Crippen LogP contribution in [0.4, 0.5) is 11.6 Å². The Balaban J connectivity index is 1.85. The number of allylic oxidation sites excluding steroid dienone is 3. The molecule has 0 bridgehead atoms. The van der Waals surface area contributed by atoms with Crippen molar-refractivity contribution in [3.8, 4) is 5.75 Å². The maximum atomic E-state index is 13.1. The monoisotopic (exact) mass is 407 g/mol. The van der Waals surface area contributed by atoms with Crippen LogP contribution in [0.2, 0.25) is 0 Å². The van der Waals surface area contributed by atoms with E-state index in [-0.39, 0.29) is 17.8 Å². The van der Waals surface area contributed by atoms with Gasteiger partial charge in [0.2, 0.25) is 5.95 Å². The predicted molar refractivity (Wildman–Crippen MR) is 118 cm³/mol. The SMILES string of the molecule is C/C=C\Cn1c(=O)c2c(nc3n2CCN3c2ccccc2OC/C=C/C)n(C)c1=O. The van der Waals surface area contributed by atoms with E-state index < -0.39 is 0 Å². The zero-order valence-corrected chi connectivity index (χ0v) is 17.4. The molecular formula is C22H25N5O3.